The van der Waals surface area contributed by atoms with Crippen LogP contribution < -0.4 is 14.8 Å². The maximum absolute atomic E-state index is 5.70. The van der Waals surface area contributed by atoms with E-state index in [-0.39, 0.29) is 0 Å². The lowest BCUT2D eigenvalue weighted by Gasteiger charge is -2.33. The van der Waals surface area contributed by atoms with Crippen LogP contribution in [0.15, 0.2) is 24.3 Å². The van der Waals surface area contributed by atoms with Crippen molar-refractivity contribution in [3.63, 3.8) is 0 Å². The van der Waals surface area contributed by atoms with Crippen LogP contribution in [0.1, 0.15) is 38.1 Å². The smallest absolute Gasteiger partial charge is 0.163 e. The first-order valence-electron chi connectivity index (χ1n) is 10.1. The van der Waals surface area contributed by atoms with Crippen LogP contribution in [-0.4, -0.2) is 47.4 Å². The topological polar surface area (TPSA) is 62.4 Å². The molecule has 1 aromatic heterocycles. The van der Waals surface area contributed by atoms with Crippen LogP contribution >= 0.6 is 0 Å². The highest BCUT2D eigenvalue weighted by molar-refractivity contribution is 5.55. The highest BCUT2D eigenvalue weighted by atomic mass is 16.6. The number of aromatic nitrogens is 2. The molecular weight excluding hydrogens is 340 g/mol. The number of nitrogens with one attached hydrogen (secondary N) is 2. The number of fused-ring (bicyclic) bond motifs is 1. The van der Waals surface area contributed by atoms with Gasteiger partial charge < -0.3 is 14.8 Å². The summed E-state index contributed by atoms with van der Waals surface area (Å²) in [6.45, 7) is 8.82. The van der Waals surface area contributed by atoms with Gasteiger partial charge in [-0.15, -0.1) is 0 Å². The first-order chi connectivity index (χ1) is 13.2. The molecule has 0 radical (unpaired) electrons. The van der Waals surface area contributed by atoms with E-state index in [2.05, 4.69) is 52.5 Å². The molecule has 2 aliphatic heterocycles. The Morgan fingerprint density at radius 1 is 1.22 bits per heavy atom. The van der Waals surface area contributed by atoms with Crippen molar-refractivity contribution in [3.05, 3.63) is 35.7 Å². The summed E-state index contributed by atoms with van der Waals surface area (Å²) >= 11 is 0. The number of ether oxygens (including phenoxy) is 2. The fraction of sp³-hybridized carbons (Fsp3) is 0.571. The summed E-state index contributed by atoms with van der Waals surface area (Å²) < 4.78 is 11.3. The van der Waals surface area contributed by atoms with E-state index < -0.39 is 0 Å². The lowest BCUT2D eigenvalue weighted by atomic mass is 10.0. The first kappa shape index (κ1) is 18.2. The third-order valence-corrected chi connectivity index (χ3v) is 5.11. The quantitative estimate of drug-likeness (QED) is 0.815. The van der Waals surface area contributed by atoms with E-state index in [9.17, 15) is 0 Å². The van der Waals surface area contributed by atoms with Crippen molar-refractivity contribution >= 4 is 5.69 Å². The van der Waals surface area contributed by atoms with Crippen LogP contribution in [0.3, 0.4) is 0 Å². The Labute approximate surface area is 161 Å². The molecule has 6 heteroatoms. The maximum atomic E-state index is 5.70. The van der Waals surface area contributed by atoms with Crippen molar-refractivity contribution in [1.29, 1.82) is 0 Å². The average molecular weight is 370 g/mol. The largest absolute Gasteiger partial charge is 0.486 e. The fourth-order valence-corrected chi connectivity index (χ4v) is 3.94. The number of hydrogen-bond donors (Lipinski definition) is 2. The van der Waals surface area contributed by atoms with Crippen LogP contribution in [-0.2, 0) is 13.0 Å². The summed E-state index contributed by atoms with van der Waals surface area (Å²) in [5.74, 6) is 2.32. The van der Waals surface area contributed by atoms with Crippen molar-refractivity contribution < 1.29 is 9.47 Å². The minimum Gasteiger partial charge on any atom is -0.486 e. The molecule has 4 rings (SSSR count). The normalized spacial score (nSPS) is 20.0. The monoisotopic (exact) mass is 370 g/mol. The lowest BCUT2D eigenvalue weighted by molar-refractivity contribution is 0.171. The standard InChI is InChI=1S/C21H30N4O2/c1-15(2)10-18-11-19(24-23-18)14-25-7-3-4-17(13-25)22-16-5-6-20-21(12-16)27-9-8-26-20/h5-6,11-12,15,17,22H,3-4,7-10,13-14H2,1-2H3,(H,23,24)/t17-/m0/s1. The van der Waals surface area contributed by atoms with Gasteiger partial charge in [0.1, 0.15) is 13.2 Å². The number of benzene rings is 1. The second kappa shape index (κ2) is 8.21. The third-order valence-electron chi connectivity index (χ3n) is 5.11. The van der Waals surface area contributed by atoms with E-state index in [0.29, 0.717) is 25.2 Å². The number of hydrogen-bond acceptors (Lipinski definition) is 5. The molecule has 146 valence electrons. The van der Waals surface area contributed by atoms with E-state index in [0.717, 1.165) is 43.2 Å². The molecule has 0 amide bonds. The maximum Gasteiger partial charge on any atom is 0.163 e. The van der Waals surface area contributed by atoms with Gasteiger partial charge in [0.2, 0.25) is 0 Å². The molecule has 2 N–H and O–H groups in total. The second-order valence-corrected chi connectivity index (χ2v) is 8.06. The zero-order chi connectivity index (χ0) is 18.6. The molecule has 1 saturated heterocycles. The van der Waals surface area contributed by atoms with Crippen LogP contribution in [0.4, 0.5) is 5.69 Å². The van der Waals surface area contributed by atoms with Gasteiger partial charge in [-0.3, -0.25) is 10.00 Å². The molecule has 0 aliphatic carbocycles. The van der Waals surface area contributed by atoms with Gasteiger partial charge in [0.25, 0.3) is 0 Å². The molecule has 1 fully saturated rings. The number of anilines is 1. The van der Waals surface area contributed by atoms with Gasteiger partial charge in [0.05, 0.1) is 5.69 Å². The minimum atomic E-state index is 0.444. The van der Waals surface area contributed by atoms with E-state index in [4.69, 9.17) is 9.47 Å². The van der Waals surface area contributed by atoms with Gasteiger partial charge in [-0.1, -0.05) is 13.8 Å². The molecule has 0 saturated carbocycles. The number of H-pyrrole nitrogens is 1. The molecule has 2 aromatic rings. The Morgan fingerprint density at radius 2 is 2.07 bits per heavy atom. The molecule has 3 heterocycles. The average Bonchev–Trinajstić information content (AvgIpc) is 3.08. The summed E-state index contributed by atoms with van der Waals surface area (Å²) in [4.78, 5) is 2.51. The van der Waals surface area contributed by atoms with Gasteiger partial charge in [-0.25, -0.2) is 0 Å². The number of likely N-dealkylation sites (tertiary alicyclic amines) is 1. The predicted molar refractivity (Wildman–Crippen MR) is 106 cm³/mol. The van der Waals surface area contributed by atoms with Crippen molar-refractivity contribution in [2.45, 2.75) is 45.7 Å². The summed E-state index contributed by atoms with van der Waals surface area (Å²) in [5, 5.41) is 11.3. The molecule has 27 heavy (non-hydrogen) atoms. The van der Waals surface area contributed by atoms with E-state index in [1.54, 1.807) is 0 Å². The van der Waals surface area contributed by atoms with Crippen LogP contribution in [0.5, 0.6) is 11.5 Å². The summed E-state index contributed by atoms with van der Waals surface area (Å²) in [5.41, 5.74) is 3.49. The van der Waals surface area contributed by atoms with Crippen molar-refractivity contribution in [3.8, 4) is 11.5 Å². The van der Waals surface area contributed by atoms with Crippen molar-refractivity contribution in [2.75, 3.05) is 31.6 Å². The van der Waals surface area contributed by atoms with E-state index in [1.807, 2.05) is 6.07 Å². The van der Waals surface area contributed by atoms with Crippen LogP contribution in [0.2, 0.25) is 0 Å². The Balaban J connectivity index is 1.33. The van der Waals surface area contributed by atoms with Gasteiger partial charge in [-0.2, -0.15) is 5.10 Å². The lowest BCUT2D eigenvalue weighted by Crippen LogP contribution is -2.41. The summed E-state index contributed by atoms with van der Waals surface area (Å²) in [7, 11) is 0. The molecule has 1 aromatic carbocycles. The third kappa shape index (κ3) is 4.75. The number of piperidine rings is 1. The molecule has 0 bridgehead atoms. The Hall–Kier alpha value is -2.21. The number of nitrogens with zero attached hydrogens (tertiary/aromatic N) is 2. The van der Waals surface area contributed by atoms with Gasteiger partial charge in [0.15, 0.2) is 11.5 Å². The SMILES string of the molecule is CC(C)Cc1cc(CN2CCC[C@H](Nc3ccc4c(c3)OCCO4)C2)[nH]n1. The number of rotatable bonds is 6. The fourth-order valence-electron chi connectivity index (χ4n) is 3.94. The highest BCUT2D eigenvalue weighted by Gasteiger charge is 2.21. The van der Waals surface area contributed by atoms with Gasteiger partial charge in [0, 0.05) is 36.6 Å². The van der Waals surface area contributed by atoms with Gasteiger partial charge >= 0.3 is 0 Å². The first-order valence-corrected chi connectivity index (χ1v) is 10.1. The zero-order valence-electron chi connectivity index (χ0n) is 16.3. The molecule has 2 aliphatic rings. The second-order valence-electron chi connectivity index (χ2n) is 8.06. The number of aromatic amines is 1. The highest BCUT2D eigenvalue weighted by Crippen LogP contribution is 2.33. The predicted octanol–water partition coefficient (Wildman–Crippen LogP) is 3.46. The van der Waals surface area contributed by atoms with Gasteiger partial charge in [-0.05, 0) is 49.9 Å². The molecular formula is C21H30N4O2. The Kier molecular flexibility index (Phi) is 5.53. The Morgan fingerprint density at radius 3 is 2.93 bits per heavy atom. The molecule has 0 unspecified atom stereocenters. The van der Waals surface area contributed by atoms with E-state index >= 15 is 0 Å². The zero-order valence-corrected chi connectivity index (χ0v) is 16.3. The van der Waals surface area contributed by atoms with Crippen molar-refractivity contribution in [2.24, 2.45) is 5.92 Å². The molecule has 6 nitrogen and oxygen atoms in total. The molecule has 0 spiro atoms. The molecule has 1 atom stereocenters. The van der Waals surface area contributed by atoms with Crippen LogP contribution in [0, 0.1) is 5.92 Å². The summed E-state index contributed by atoms with van der Waals surface area (Å²) in [6, 6.07) is 8.80. The summed E-state index contributed by atoms with van der Waals surface area (Å²) in [6.07, 6.45) is 3.42. The van der Waals surface area contributed by atoms with E-state index in [1.165, 1.54) is 24.2 Å². The minimum absolute atomic E-state index is 0.444. The van der Waals surface area contributed by atoms with Crippen molar-refractivity contribution in [1.82, 2.24) is 15.1 Å². The Bertz CT molecular complexity index is 758. The van der Waals surface area contributed by atoms with Crippen LogP contribution in [0.25, 0.3) is 0 Å².